The highest BCUT2D eigenvalue weighted by atomic mass is 32.1. The smallest absolute Gasteiger partial charge is 0.126 e. The number of fused-ring (bicyclic) bond motifs is 2. The second kappa shape index (κ2) is 8.89. The Bertz CT molecular complexity index is 1420. The highest BCUT2D eigenvalue weighted by Gasteiger charge is 2.28. The van der Waals surface area contributed by atoms with Crippen LogP contribution in [0.25, 0.3) is 21.3 Å². The van der Waals surface area contributed by atoms with Gasteiger partial charge in [-0.1, -0.05) is 24.3 Å². The van der Waals surface area contributed by atoms with Gasteiger partial charge in [0, 0.05) is 17.5 Å². The number of methoxy groups -OCH3 is 2. The van der Waals surface area contributed by atoms with Crippen molar-refractivity contribution in [1.82, 2.24) is 10.4 Å². The third kappa shape index (κ3) is 3.80. The van der Waals surface area contributed by atoms with Gasteiger partial charge in [0.05, 0.1) is 36.5 Å². The molecule has 3 N–H and O–H groups in total. The van der Waals surface area contributed by atoms with Crippen molar-refractivity contribution in [2.24, 2.45) is 5.10 Å². The first kappa shape index (κ1) is 21.9. The molecule has 1 aliphatic carbocycles. The van der Waals surface area contributed by atoms with Crippen LogP contribution < -0.4 is 20.6 Å². The third-order valence-corrected chi connectivity index (χ3v) is 8.21. The Kier molecular flexibility index (Phi) is 5.57. The summed E-state index contributed by atoms with van der Waals surface area (Å²) in [5.41, 5.74) is 18.1. The largest absolute Gasteiger partial charge is 0.497 e. The predicted molar refractivity (Wildman–Crippen MR) is 143 cm³/mol. The van der Waals surface area contributed by atoms with Gasteiger partial charge in [0.15, 0.2) is 0 Å². The molecule has 6 rings (SSSR count). The summed E-state index contributed by atoms with van der Waals surface area (Å²) in [5, 5.41) is 5.77. The zero-order valence-corrected chi connectivity index (χ0v) is 20.7. The van der Waals surface area contributed by atoms with Crippen LogP contribution in [0.5, 0.6) is 11.5 Å². The highest BCUT2D eigenvalue weighted by molar-refractivity contribution is 7.21. The van der Waals surface area contributed by atoms with E-state index in [-0.39, 0.29) is 6.04 Å². The molecule has 178 valence electrons. The monoisotopic (exact) mass is 484 g/mol. The summed E-state index contributed by atoms with van der Waals surface area (Å²) in [6, 6.07) is 16.6. The van der Waals surface area contributed by atoms with Crippen LogP contribution in [0.4, 0.5) is 5.69 Å². The van der Waals surface area contributed by atoms with Gasteiger partial charge in [-0.2, -0.15) is 5.10 Å². The first-order valence-electron chi connectivity index (χ1n) is 12.0. The maximum atomic E-state index is 6.89. The average molecular weight is 485 g/mol. The molecule has 0 saturated heterocycles. The van der Waals surface area contributed by atoms with Crippen molar-refractivity contribution in [3.05, 3.63) is 70.2 Å². The molecule has 2 aromatic heterocycles. The molecule has 1 unspecified atom stereocenters. The van der Waals surface area contributed by atoms with E-state index < -0.39 is 0 Å². The first-order chi connectivity index (χ1) is 17.2. The van der Waals surface area contributed by atoms with E-state index in [2.05, 4.69) is 29.7 Å². The zero-order chi connectivity index (χ0) is 23.9. The van der Waals surface area contributed by atoms with Crippen molar-refractivity contribution in [2.75, 3.05) is 20.0 Å². The molecule has 7 heteroatoms. The lowest BCUT2D eigenvalue weighted by molar-refractivity contribution is 0.414. The van der Waals surface area contributed by atoms with E-state index in [4.69, 9.17) is 25.3 Å². The fourth-order valence-electron chi connectivity index (χ4n) is 5.21. The molecular weight excluding hydrogens is 456 g/mol. The molecule has 1 atom stereocenters. The van der Waals surface area contributed by atoms with Crippen LogP contribution in [0.15, 0.2) is 53.6 Å². The number of nitrogens with two attached hydrogens (primary N) is 1. The van der Waals surface area contributed by atoms with Gasteiger partial charge in [0.2, 0.25) is 0 Å². The number of thiophene rings is 1. The Morgan fingerprint density at radius 3 is 2.34 bits per heavy atom. The van der Waals surface area contributed by atoms with E-state index in [9.17, 15) is 0 Å². The molecule has 6 nitrogen and oxygen atoms in total. The fraction of sp³-hybridized carbons (Fsp3) is 0.286. The van der Waals surface area contributed by atoms with Gasteiger partial charge in [-0.05, 0) is 72.2 Å². The molecule has 3 heterocycles. The lowest BCUT2D eigenvalue weighted by Crippen LogP contribution is -2.09. The summed E-state index contributed by atoms with van der Waals surface area (Å²) >= 11 is 1.66. The standard InChI is InChI=1S/C28H28N4O2S/c1-33-18-11-7-16(8-12-18)22-15-23(32-31-22)27-26(29)25-24(17-9-13-19(34-2)14-10-17)20-5-3-4-6-21(20)30-28(25)35-27/h7-14,22,31H,3-6,15,29H2,1-2H3. The maximum Gasteiger partial charge on any atom is 0.126 e. The molecule has 1 aliphatic heterocycles. The van der Waals surface area contributed by atoms with Crippen LogP contribution in [0.2, 0.25) is 0 Å². The summed E-state index contributed by atoms with van der Waals surface area (Å²) in [6.45, 7) is 0. The van der Waals surface area contributed by atoms with Crippen molar-refractivity contribution in [2.45, 2.75) is 38.1 Å². The number of nitrogens with zero attached hydrogens (tertiary/aromatic N) is 2. The highest BCUT2D eigenvalue weighted by Crippen LogP contribution is 2.45. The SMILES string of the molecule is COc1ccc(-c2c3c(nc4sc(C5=NNC(c6ccc(OC)cc6)C5)c(N)c24)CCCC3)cc1. The number of ether oxygens (including phenoxy) is 2. The van der Waals surface area contributed by atoms with Crippen LogP contribution in [0, 0.1) is 0 Å². The number of aromatic nitrogens is 1. The number of hydrazone groups is 1. The molecule has 0 amide bonds. The third-order valence-electron chi connectivity index (χ3n) is 7.07. The van der Waals surface area contributed by atoms with Crippen molar-refractivity contribution in [3.8, 4) is 22.6 Å². The number of hydrogen-bond donors (Lipinski definition) is 2. The molecular formula is C28H28N4O2S. The Morgan fingerprint density at radius 1 is 0.943 bits per heavy atom. The summed E-state index contributed by atoms with van der Waals surface area (Å²) in [5.74, 6) is 1.70. The van der Waals surface area contributed by atoms with Gasteiger partial charge in [-0.25, -0.2) is 4.98 Å². The van der Waals surface area contributed by atoms with Crippen LogP contribution in [-0.2, 0) is 12.8 Å². The first-order valence-corrected chi connectivity index (χ1v) is 12.8. The number of anilines is 1. The summed E-state index contributed by atoms with van der Waals surface area (Å²) < 4.78 is 10.7. The molecule has 0 spiro atoms. The molecule has 2 aromatic carbocycles. The van der Waals surface area contributed by atoms with Gasteiger partial charge in [0.1, 0.15) is 16.3 Å². The molecule has 0 radical (unpaired) electrons. The van der Waals surface area contributed by atoms with Gasteiger partial charge in [-0.3, -0.25) is 0 Å². The topological polar surface area (TPSA) is 81.8 Å². The Hall–Kier alpha value is -3.58. The molecule has 2 aliphatic rings. The van der Waals surface area contributed by atoms with Crippen molar-refractivity contribution in [3.63, 3.8) is 0 Å². The number of benzene rings is 2. The Morgan fingerprint density at radius 2 is 1.63 bits per heavy atom. The second-order valence-corrected chi connectivity index (χ2v) is 10.1. The van der Waals surface area contributed by atoms with E-state index in [1.165, 1.54) is 35.2 Å². The van der Waals surface area contributed by atoms with Crippen molar-refractivity contribution >= 4 is 33.0 Å². The van der Waals surface area contributed by atoms with Gasteiger partial charge >= 0.3 is 0 Å². The van der Waals surface area contributed by atoms with Gasteiger partial charge < -0.3 is 20.6 Å². The lowest BCUT2D eigenvalue weighted by Gasteiger charge is -2.20. The number of pyridine rings is 1. The van der Waals surface area contributed by atoms with E-state index in [1.54, 1.807) is 25.6 Å². The van der Waals surface area contributed by atoms with Crippen LogP contribution in [-0.4, -0.2) is 24.9 Å². The minimum absolute atomic E-state index is 0.114. The molecule has 4 aromatic rings. The summed E-state index contributed by atoms with van der Waals surface area (Å²) in [4.78, 5) is 7.13. The van der Waals surface area contributed by atoms with Gasteiger partial charge in [-0.15, -0.1) is 11.3 Å². The van der Waals surface area contributed by atoms with Gasteiger partial charge in [0.25, 0.3) is 0 Å². The normalized spacial score (nSPS) is 17.1. The maximum absolute atomic E-state index is 6.89. The van der Waals surface area contributed by atoms with Crippen LogP contribution in [0.1, 0.15) is 47.0 Å². The number of nitrogens with one attached hydrogen (secondary N) is 1. The van der Waals surface area contributed by atoms with E-state index >= 15 is 0 Å². The zero-order valence-electron chi connectivity index (χ0n) is 19.9. The second-order valence-electron chi connectivity index (χ2n) is 9.09. The summed E-state index contributed by atoms with van der Waals surface area (Å²) in [6.07, 6.45) is 5.19. The van der Waals surface area contributed by atoms with E-state index in [0.29, 0.717) is 0 Å². The van der Waals surface area contributed by atoms with Crippen LogP contribution in [0.3, 0.4) is 0 Å². The Labute approximate surface area is 208 Å². The quantitative estimate of drug-likeness (QED) is 0.370. The van der Waals surface area contributed by atoms with Crippen molar-refractivity contribution in [1.29, 1.82) is 0 Å². The molecule has 0 saturated carbocycles. The summed E-state index contributed by atoms with van der Waals surface area (Å²) in [7, 11) is 3.38. The molecule has 35 heavy (non-hydrogen) atoms. The minimum Gasteiger partial charge on any atom is -0.497 e. The molecule has 0 bridgehead atoms. The van der Waals surface area contributed by atoms with E-state index in [0.717, 1.165) is 62.8 Å². The average Bonchev–Trinajstić information content (AvgIpc) is 3.52. The van der Waals surface area contributed by atoms with Crippen molar-refractivity contribution < 1.29 is 9.47 Å². The lowest BCUT2D eigenvalue weighted by atomic mass is 9.87. The Balaban J connectivity index is 1.42. The number of aryl methyl sites for hydroxylation is 1. The number of nitrogen functional groups attached to an aromatic ring is 1. The van der Waals surface area contributed by atoms with Crippen LogP contribution >= 0.6 is 11.3 Å². The predicted octanol–water partition coefficient (Wildman–Crippen LogP) is 5.88. The number of rotatable bonds is 5. The number of hydrogen-bond acceptors (Lipinski definition) is 7. The van der Waals surface area contributed by atoms with E-state index in [1.807, 2.05) is 24.3 Å². The molecule has 0 fully saturated rings. The fourth-order valence-corrected chi connectivity index (χ4v) is 6.33. The minimum atomic E-state index is 0.114.